The zero-order chi connectivity index (χ0) is 13.5. The molecule has 2 fully saturated rings. The van der Waals surface area contributed by atoms with Crippen molar-refractivity contribution in [3.63, 3.8) is 0 Å². The van der Waals surface area contributed by atoms with E-state index in [2.05, 4.69) is 26.8 Å². The molecular weight excluding hydrogens is 232 g/mol. The molecule has 0 spiro atoms. The Bertz CT molecular complexity index is 359. The average Bonchev–Trinajstić information content (AvgIpc) is 2.88. The highest BCUT2D eigenvalue weighted by Crippen LogP contribution is 2.62. The molecule has 3 aliphatic carbocycles. The van der Waals surface area contributed by atoms with Crippen LogP contribution >= 0.6 is 0 Å². The topological polar surface area (TPSA) is 9.23 Å². The molecule has 0 bridgehead atoms. The van der Waals surface area contributed by atoms with Crippen LogP contribution in [-0.4, -0.2) is 12.7 Å². The molecule has 0 heterocycles. The van der Waals surface area contributed by atoms with Crippen molar-refractivity contribution in [3.05, 3.63) is 11.6 Å². The Labute approximate surface area is 118 Å². The lowest BCUT2D eigenvalue weighted by Crippen LogP contribution is -2.33. The van der Waals surface area contributed by atoms with E-state index in [9.17, 15) is 0 Å². The molecule has 108 valence electrons. The van der Waals surface area contributed by atoms with E-state index in [0.717, 1.165) is 24.4 Å². The van der Waals surface area contributed by atoms with Crippen LogP contribution in [0.25, 0.3) is 0 Å². The van der Waals surface area contributed by atoms with Crippen molar-refractivity contribution in [1.82, 2.24) is 0 Å². The Morgan fingerprint density at radius 3 is 3.00 bits per heavy atom. The summed E-state index contributed by atoms with van der Waals surface area (Å²) in [5, 5.41) is 0. The molecule has 2 saturated carbocycles. The zero-order valence-corrected chi connectivity index (χ0v) is 13.0. The highest BCUT2D eigenvalue weighted by atomic mass is 16.5. The van der Waals surface area contributed by atoms with Crippen LogP contribution in [0.4, 0.5) is 0 Å². The van der Waals surface area contributed by atoms with Gasteiger partial charge in [-0.1, -0.05) is 31.9 Å². The van der Waals surface area contributed by atoms with Crippen molar-refractivity contribution >= 4 is 0 Å². The SMILES string of the molecule is CCCCO[C@H]1CC[C@H]2C[C@]3(C)CC=C(C)CC3[C@H]21. The second kappa shape index (κ2) is 5.24. The lowest BCUT2D eigenvalue weighted by atomic mass is 9.67. The molecule has 3 rings (SSSR count). The van der Waals surface area contributed by atoms with Crippen LogP contribution in [0.3, 0.4) is 0 Å². The molecule has 0 aromatic heterocycles. The van der Waals surface area contributed by atoms with Gasteiger partial charge in [-0.15, -0.1) is 0 Å². The van der Waals surface area contributed by atoms with Crippen molar-refractivity contribution in [3.8, 4) is 0 Å². The monoisotopic (exact) mass is 262 g/mol. The third-order valence-corrected chi connectivity index (χ3v) is 6.17. The first-order chi connectivity index (χ1) is 9.14. The molecule has 0 aromatic rings. The predicted molar refractivity (Wildman–Crippen MR) is 80.1 cm³/mol. The lowest BCUT2D eigenvalue weighted by molar-refractivity contribution is -0.00348. The minimum absolute atomic E-state index is 0.578. The van der Waals surface area contributed by atoms with Gasteiger partial charge in [0, 0.05) is 6.61 Å². The highest BCUT2D eigenvalue weighted by molar-refractivity contribution is 5.16. The average molecular weight is 262 g/mol. The van der Waals surface area contributed by atoms with Crippen LogP contribution in [0, 0.1) is 23.2 Å². The molecule has 5 atom stereocenters. The number of unbranched alkanes of at least 4 members (excludes halogenated alkanes) is 1. The van der Waals surface area contributed by atoms with Gasteiger partial charge < -0.3 is 4.74 Å². The molecule has 1 nitrogen and oxygen atoms in total. The third kappa shape index (κ3) is 2.39. The van der Waals surface area contributed by atoms with Gasteiger partial charge in [0.15, 0.2) is 0 Å². The van der Waals surface area contributed by atoms with Crippen LogP contribution in [0.5, 0.6) is 0 Å². The van der Waals surface area contributed by atoms with E-state index in [-0.39, 0.29) is 0 Å². The van der Waals surface area contributed by atoms with Crippen molar-refractivity contribution < 1.29 is 4.74 Å². The zero-order valence-electron chi connectivity index (χ0n) is 13.0. The van der Waals surface area contributed by atoms with Crippen LogP contribution in [0.2, 0.25) is 0 Å². The van der Waals surface area contributed by atoms with Gasteiger partial charge >= 0.3 is 0 Å². The minimum Gasteiger partial charge on any atom is -0.378 e. The smallest absolute Gasteiger partial charge is 0.0609 e. The summed E-state index contributed by atoms with van der Waals surface area (Å²) in [6.45, 7) is 8.11. The first kappa shape index (κ1) is 13.7. The van der Waals surface area contributed by atoms with Gasteiger partial charge in [-0.05, 0) is 68.6 Å². The van der Waals surface area contributed by atoms with E-state index in [1.54, 1.807) is 5.57 Å². The van der Waals surface area contributed by atoms with Crippen molar-refractivity contribution in [2.75, 3.05) is 6.61 Å². The second-order valence-corrected chi connectivity index (χ2v) is 7.60. The van der Waals surface area contributed by atoms with Crippen LogP contribution in [-0.2, 0) is 4.74 Å². The van der Waals surface area contributed by atoms with Crippen LogP contribution in [0.15, 0.2) is 11.6 Å². The van der Waals surface area contributed by atoms with Gasteiger partial charge in [-0.2, -0.15) is 0 Å². The summed E-state index contributed by atoms with van der Waals surface area (Å²) >= 11 is 0. The maximum Gasteiger partial charge on any atom is 0.0609 e. The molecule has 0 amide bonds. The Morgan fingerprint density at radius 2 is 2.21 bits per heavy atom. The number of hydrogen-bond donors (Lipinski definition) is 0. The summed E-state index contributed by atoms with van der Waals surface area (Å²) in [7, 11) is 0. The fourth-order valence-corrected chi connectivity index (χ4v) is 5.14. The van der Waals surface area contributed by atoms with Crippen molar-refractivity contribution in [1.29, 1.82) is 0 Å². The predicted octanol–water partition coefficient (Wildman–Crippen LogP) is 4.96. The van der Waals surface area contributed by atoms with E-state index in [4.69, 9.17) is 4.74 Å². The minimum atomic E-state index is 0.578. The van der Waals surface area contributed by atoms with Crippen LogP contribution < -0.4 is 0 Å². The molecule has 0 N–H and O–H groups in total. The molecule has 19 heavy (non-hydrogen) atoms. The Hall–Kier alpha value is -0.300. The standard InChI is InChI=1S/C18H30O/c1-4-5-10-19-16-7-6-14-12-18(3)9-8-13(2)11-15(18)17(14)16/h8,14-17H,4-7,9-12H2,1-3H3/t14-,15?,16-,17-,18-/m0/s1. The molecule has 1 heteroatoms. The number of ether oxygens (including phenoxy) is 1. The van der Waals surface area contributed by atoms with Crippen molar-refractivity contribution in [2.45, 2.75) is 71.8 Å². The molecule has 0 aliphatic heterocycles. The van der Waals surface area contributed by atoms with E-state index < -0.39 is 0 Å². The molecule has 1 unspecified atom stereocenters. The van der Waals surface area contributed by atoms with Crippen molar-refractivity contribution in [2.24, 2.45) is 23.2 Å². The van der Waals surface area contributed by atoms with Gasteiger partial charge in [0.05, 0.1) is 6.10 Å². The van der Waals surface area contributed by atoms with E-state index in [1.807, 2.05) is 0 Å². The Kier molecular flexibility index (Phi) is 3.77. The molecule has 0 saturated heterocycles. The van der Waals surface area contributed by atoms with Gasteiger partial charge in [-0.3, -0.25) is 0 Å². The van der Waals surface area contributed by atoms with Gasteiger partial charge in [0.2, 0.25) is 0 Å². The lowest BCUT2D eigenvalue weighted by Gasteiger charge is -2.39. The van der Waals surface area contributed by atoms with Gasteiger partial charge in [-0.25, -0.2) is 0 Å². The quantitative estimate of drug-likeness (QED) is 0.514. The maximum absolute atomic E-state index is 6.27. The van der Waals surface area contributed by atoms with Crippen LogP contribution in [0.1, 0.15) is 65.7 Å². The summed E-state index contributed by atoms with van der Waals surface area (Å²) in [4.78, 5) is 0. The third-order valence-electron chi connectivity index (χ3n) is 6.17. The molecule has 3 aliphatic rings. The fraction of sp³-hybridized carbons (Fsp3) is 0.889. The number of hydrogen-bond acceptors (Lipinski definition) is 1. The number of fused-ring (bicyclic) bond motifs is 3. The summed E-state index contributed by atoms with van der Waals surface area (Å²) in [5.41, 5.74) is 2.21. The summed E-state index contributed by atoms with van der Waals surface area (Å²) < 4.78 is 6.27. The summed E-state index contributed by atoms with van der Waals surface area (Å²) in [6, 6.07) is 0. The first-order valence-electron chi connectivity index (χ1n) is 8.41. The molecular formula is C18H30O. The van der Waals surface area contributed by atoms with E-state index >= 15 is 0 Å². The Morgan fingerprint density at radius 1 is 1.37 bits per heavy atom. The molecule has 0 aromatic carbocycles. The van der Waals surface area contributed by atoms with E-state index in [0.29, 0.717) is 11.5 Å². The van der Waals surface area contributed by atoms with Gasteiger partial charge in [0.25, 0.3) is 0 Å². The number of rotatable bonds is 4. The molecule has 0 radical (unpaired) electrons. The first-order valence-corrected chi connectivity index (χ1v) is 8.41. The second-order valence-electron chi connectivity index (χ2n) is 7.60. The highest BCUT2D eigenvalue weighted by Gasteiger charge is 2.55. The van der Waals surface area contributed by atoms with E-state index in [1.165, 1.54) is 44.9 Å². The maximum atomic E-state index is 6.27. The fourth-order valence-electron chi connectivity index (χ4n) is 5.14. The normalized spacial score (nSPS) is 44.9. The summed E-state index contributed by atoms with van der Waals surface area (Å²) in [6.07, 6.45) is 12.4. The van der Waals surface area contributed by atoms with Gasteiger partial charge in [0.1, 0.15) is 0 Å². The Balaban J connectivity index is 1.71. The number of allylic oxidation sites excluding steroid dienone is 2. The summed E-state index contributed by atoms with van der Waals surface area (Å²) in [5.74, 6) is 2.73. The largest absolute Gasteiger partial charge is 0.378 e.